The van der Waals surface area contributed by atoms with E-state index < -0.39 is 27.8 Å². The first-order valence-corrected chi connectivity index (χ1v) is 10.6. The van der Waals surface area contributed by atoms with Crippen LogP contribution in [0.3, 0.4) is 0 Å². The van der Waals surface area contributed by atoms with Gasteiger partial charge in [-0.1, -0.05) is 26.7 Å². The molecular formula is C19H26F3NO4S. The lowest BCUT2D eigenvalue weighted by Gasteiger charge is -2.35. The number of nitrogens with zero attached hydrogens (tertiary/aromatic N) is 1. The van der Waals surface area contributed by atoms with E-state index in [2.05, 4.69) is 4.18 Å². The molecule has 1 aromatic carbocycles. The van der Waals surface area contributed by atoms with Crippen LogP contribution in [0.2, 0.25) is 0 Å². The third-order valence-electron chi connectivity index (χ3n) is 4.37. The molecule has 0 atom stereocenters. The highest BCUT2D eigenvalue weighted by molar-refractivity contribution is 7.87. The number of nitriles is 1. The van der Waals surface area contributed by atoms with Crippen molar-refractivity contribution >= 4 is 10.1 Å². The van der Waals surface area contributed by atoms with Crippen molar-refractivity contribution in [3.8, 4) is 11.8 Å². The molecule has 0 saturated carbocycles. The predicted octanol–water partition coefficient (Wildman–Crippen LogP) is 5.31. The van der Waals surface area contributed by atoms with Crippen LogP contribution in [-0.4, -0.2) is 26.1 Å². The largest absolute Gasteiger partial charge is 0.523 e. The maximum atomic E-state index is 12.5. The van der Waals surface area contributed by atoms with Crippen LogP contribution in [0.25, 0.3) is 0 Å². The van der Waals surface area contributed by atoms with Gasteiger partial charge < -0.3 is 4.74 Å². The van der Waals surface area contributed by atoms with E-state index in [-0.39, 0.29) is 6.42 Å². The van der Waals surface area contributed by atoms with E-state index in [9.17, 15) is 21.6 Å². The standard InChI is InChI=1S/C19H26F3NO4S/c1-3-5-11-18(12-6-4-2,13-14-26-28(24,25)19(20,21)22)27-17-9-7-16(15-23)8-10-17/h7-10H,3-6,11-14H2,1-2H3. The number of hydrogen-bond donors (Lipinski definition) is 0. The third kappa shape index (κ3) is 7.32. The Morgan fingerprint density at radius 2 is 1.54 bits per heavy atom. The molecule has 0 unspecified atom stereocenters. The maximum absolute atomic E-state index is 12.5. The SMILES string of the molecule is CCCCC(CCCC)(CCOS(=O)(=O)C(F)(F)F)Oc1ccc(C#N)cc1. The smallest absolute Gasteiger partial charge is 0.487 e. The Hall–Kier alpha value is -1.79. The highest BCUT2D eigenvalue weighted by Crippen LogP contribution is 2.33. The molecule has 0 aliphatic heterocycles. The van der Waals surface area contributed by atoms with Crippen LogP contribution in [0.1, 0.15) is 64.4 Å². The molecule has 0 fully saturated rings. The second-order valence-electron chi connectivity index (χ2n) is 6.60. The molecular weight excluding hydrogens is 395 g/mol. The monoisotopic (exact) mass is 421 g/mol. The van der Waals surface area contributed by atoms with Crippen molar-refractivity contribution in [2.45, 2.75) is 69.9 Å². The first-order valence-electron chi connectivity index (χ1n) is 9.24. The minimum atomic E-state index is -5.63. The first kappa shape index (κ1) is 24.2. The Morgan fingerprint density at radius 3 is 1.96 bits per heavy atom. The molecule has 0 heterocycles. The molecule has 1 aromatic rings. The highest BCUT2D eigenvalue weighted by Gasteiger charge is 2.47. The summed E-state index contributed by atoms with van der Waals surface area (Å²) in [6.45, 7) is 3.35. The summed E-state index contributed by atoms with van der Waals surface area (Å²) in [6, 6.07) is 8.42. The molecule has 5 nitrogen and oxygen atoms in total. The molecule has 0 bridgehead atoms. The summed E-state index contributed by atoms with van der Waals surface area (Å²) in [5.74, 6) is 0.477. The van der Waals surface area contributed by atoms with Gasteiger partial charge in [0.1, 0.15) is 11.4 Å². The van der Waals surface area contributed by atoms with Gasteiger partial charge in [-0.25, -0.2) is 0 Å². The van der Waals surface area contributed by atoms with Gasteiger partial charge in [0, 0.05) is 6.42 Å². The molecule has 0 aliphatic carbocycles. The van der Waals surface area contributed by atoms with Crippen molar-refractivity contribution in [2.75, 3.05) is 6.61 Å². The molecule has 0 N–H and O–H groups in total. The van der Waals surface area contributed by atoms with E-state index in [1.54, 1.807) is 24.3 Å². The van der Waals surface area contributed by atoms with Crippen LogP contribution in [0, 0.1) is 11.3 Å². The molecule has 0 aromatic heterocycles. The second-order valence-corrected chi connectivity index (χ2v) is 8.21. The Kier molecular flexibility index (Phi) is 9.24. The highest BCUT2D eigenvalue weighted by atomic mass is 32.2. The minimum Gasteiger partial charge on any atom is -0.487 e. The van der Waals surface area contributed by atoms with Crippen molar-refractivity contribution in [1.29, 1.82) is 5.26 Å². The van der Waals surface area contributed by atoms with E-state index in [0.29, 0.717) is 24.2 Å². The normalized spacial score (nSPS) is 12.6. The topological polar surface area (TPSA) is 76.4 Å². The van der Waals surface area contributed by atoms with Gasteiger partial charge in [0.05, 0.1) is 18.2 Å². The van der Waals surface area contributed by atoms with E-state index in [1.165, 1.54) is 0 Å². The zero-order valence-electron chi connectivity index (χ0n) is 16.1. The second kappa shape index (κ2) is 10.7. The van der Waals surface area contributed by atoms with Crippen LogP contribution in [0.4, 0.5) is 13.2 Å². The summed E-state index contributed by atoms with van der Waals surface area (Å²) in [5, 5.41) is 8.90. The van der Waals surface area contributed by atoms with Crippen molar-refractivity contribution < 1.29 is 30.5 Å². The van der Waals surface area contributed by atoms with Gasteiger partial charge in [0.2, 0.25) is 0 Å². The summed E-state index contributed by atoms with van der Waals surface area (Å²) in [7, 11) is -5.63. The average molecular weight is 421 g/mol. The van der Waals surface area contributed by atoms with E-state index in [0.717, 1.165) is 25.7 Å². The molecule has 28 heavy (non-hydrogen) atoms. The number of unbranched alkanes of at least 4 members (excludes halogenated alkanes) is 2. The quantitative estimate of drug-likeness (QED) is 0.338. The molecule has 0 spiro atoms. The summed E-state index contributed by atoms with van der Waals surface area (Å²) in [6.07, 6.45) is 4.36. The zero-order chi connectivity index (χ0) is 21.3. The van der Waals surface area contributed by atoms with Crippen LogP contribution >= 0.6 is 0 Å². The molecule has 0 radical (unpaired) electrons. The molecule has 0 amide bonds. The van der Waals surface area contributed by atoms with Gasteiger partial charge in [-0.3, -0.25) is 4.18 Å². The van der Waals surface area contributed by atoms with Gasteiger partial charge in [-0.2, -0.15) is 26.9 Å². The summed E-state index contributed by atoms with van der Waals surface area (Å²) < 4.78 is 70.2. The third-order valence-corrected chi connectivity index (χ3v) is 5.41. The van der Waals surface area contributed by atoms with Crippen LogP contribution in [0.5, 0.6) is 5.75 Å². The van der Waals surface area contributed by atoms with Gasteiger partial charge in [-0.15, -0.1) is 0 Å². The zero-order valence-corrected chi connectivity index (χ0v) is 16.9. The number of alkyl halides is 3. The van der Waals surface area contributed by atoms with Crippen molar-refractivity contribution in [3.63, 3.8) is 0 Å². The minimum absolute atomic E-state index is 0.00229. The Labute approximate surface area is 164 Å². The van der Waals surface area contributed by atoms with E-state index in [1.807, 2.05) is 19.9 Å². The predicted molar refractivity (Wildman–Crippen MR) is 99.1 cm³/mol. The van der Waals surface area contributed by atoms with Gasteiger partial charge in [0.25, 0.3) is 0 Å². The Bertz CT molecular complexity index is 732. The molecule has 0 aliphatic rings. The Balaban J connectivity index is 3.01. The molecule has 0 saturated heterocycles. The fourth-order valence-corrected chi connectivity index (χ4v) is 3.21. The summed E-state index contributed by atoms with van der Waals surface area (Å²) in [5.41, 5.74) is -5.84. The maximum Gasteiger partial charge on any atom is 0.523 e. The van der Waals surface area contributed by atoms with Crippen LogP contribution in [-0.2, 0) is 14.3 Å². The fraction of sp³-hybridized carbons (Fsp3) is 0.632. The Morgan fingerprint density at radius 1 is 1.00 bits per heavy atom. The fourth-order valence-electron chi connectivity index (χ4n) is 2.78. The van der Waals surface area contributed by atoms with E-state index in [4.69, 9.17) is 10.00 Å². The van der Waals surface area contributed by atoms with Crippen molar-refractivity contribution in [1.82, 2.24) is 0 Å². The number of rotatable bonds is 12. The van der Waals surface area contributed by atoms with Crippen LogP contribution in [0.15, 0.2) is 24.3 Å². The molecule has 1 rings (SSSR count). The van der Waals surface area contributed by atoms with Gasteiger partial charge in [0.15, 0.2) is 0 Å². The van der Waals surface area contributed by atoms with Gasteiger partial charge >= 0.3 is 15.6 Å². The lowest BCUT2D eigenvalue weighted by molar-refractivity contribution is -0.0561. The average Bonchev–Trinajstić information content (AvgIpc) is 2.64. The number of benzene rings is 1. The number of hydrogen-bond acceptors (Lipinski definition) is 5. The lowest BCUT2D eigenvalue weighted by atomic mass is 9.87. The van der Waals surface area contributed by atoms with Crippen molar-refractivity contribution in [3.05, 3.63) is 29.8 Å². The van der Waals surface area contributed by atoms with Gasteiger partial charge in [-0.05, 0) is 49.9 Å². The van der Waals surface area contributed by atoms with Crippen molar-refractivity contribution in [2.24, 2.45) is 0 Å². The van der Waals surface area contributed by atoms with Crippen LogP contribution < -0.4 is 4.74 Å². The number of halogens is 3. The summed E-state index contributed by atoms with van der Waals surface area (Å²) in [4.78, 5) is 0. The number of ether oxygens (including phenoxy) is 1. The van der Waals surface area contributed by atoms with E-state index >= 15 is 0 Å². The first-order chi connectivity index (χ1) is 13.1. The summed E-state index contributed by atoms with van der Waals surface area (Å²) >= 11 is 0. The molecule has 9 heteroatoms. The lowest BCUT2D eigenvalue weighted by Crippen LogP contribution is -2.38. The molecule has 158 valence electrons.